The van der Waals surface area contributed by atoms with Gasteiger partial charge in [-0.3, -0.25) is 0 Å². The number of halogens is 2. The number of likely N-dealkylation sites (N-methyl/N-ethyl adjacent to an activating group) is 1. The predicted molar refractivity (Wildman–Crippen MR) is 75.9 cm³/mol. The van der Waals surface area contributed by atoms with Crippen molar-refractivity contribution in [3.8, 4) is 0 Å². The summed E-state index contributed by atoms with van der Waals surface area (Å²) in [5.74, 6) is -0.388. The first-order valence-corrected chi connectivity index (χ1v) is 7.08. The van der Waals surface area contributed by atoms with E-state index in [0.29, 0.717) is 37.6 Å². The first kappa shape index (κ1) is 15.2. The number of hydrogen-bond donors (Lipinski definition) is 1. The molecule has 0 atom stereocenters. The third-order valence-electron chi connectivity index (χ3n) is 3.51. The van der Waals surface area contributed by atoms with Gasteiger partial charge in [0.05, 0.1) is 6.61 Å². The number of benzene rings is 1. The normalized spacial score (nSPS) is 14.6. The molecule has 112 valence electrons. The zero-order valence-electron chi connectivity index (χ0n) is 11.9. The number of ether oxygens (including phenoxy) is 1. The highest BCUT2D eigenvalue weighted by atomic mass is 19.1. The number of rotatable bonds is 8. The van der Waals surface area contributed by atoms with Crippen molar-refractivity contribution in [1.82, 2.24) is 0 Å². The average molecular weight is 284 g/mol. The Kier molecular flexibility index (Phi) is 5.31. The molecule has 1 saturated carbocycles. The first-order valence-electron chi connectivity index (χ1n) is 7.08. The maximum atomic E-state index is 14.0. The van der Waals surface area contributed by atoms with Gasteiger partial charge in [-0.05, 0) is 49.4 Å². The second kappa shape index (κ2) is 6.99. The summed E-state index contributed by atoms with van der Waals surface area (Å²) in [5, 5.41) is 0. The lowest BCUT2D eigenvalue weighted by Crippen LogP contribution is -2.25. The van der Waals surface area contributed by atoms with Crippen molar-refractivity contribution in [1.29, 1.82) is 0 Å². The highest BCUT2D eigenvalue weighted by Gasteiger charge is 2.21. The van der Waals surface area contributed by atoms with Gasteiger partial charge in [-0.1, -0.05) is 0 Å². The molecule has 0 unspecified atom stereocenters. The molecule has 0 aliphatic heterocycles. The van der Waals surface area contributed by atoms with Crippen molar-refractivity contribution in [3.63, 3.8) is 0 Å². The van der Waals surface area contributed by atoms with E-state index >= 15 is 0 Å². The Hall–Kier alpha value is -1.20. The van der Waals surface area contributed by atoms with Gasteiger partial charge >= 0.3 is 0 Å². The van der Waals surface area contributed by atoms with E-state index in [9.17, 15) is 8.78 Å². The SMILES string of the molecule is CN(CCOCC1CC1)c1c(F)cc(CCN)cc1F. The molecule has 1 aromatic carbocycles. The lowest BCUT2D eigenvalue weighted by molar-refractivity contribution is 0.130. The summed E-state index contributed by atoms with van der Waals surface area (Å²) in [7, 11) is 1.67. The zero-order valence-corrected chi connectivity index (χ0v) is 11.9. The van der Waals surface area contributed by atoms with E-state index in [0.717, 1.165) is 6.61 Å². The third-order valence-corrected chi connectivity index (χ3v) is 3.51. The fourth-order valence-electron chi connectivity index (χ4n) is 2.14. The van der Waals surface area contributed by atoms with Crippen LogP contribution in [0.3, 0.4) is 0 Å². The van der Waals surface area contributed by atoms with Gasteiger partial charge in [-0.15, -0.1) is 0 Å². The van der Waals surface area contributed by atoms with E-state index in [2.05, 4.69) is 0 Å². The van der Waals surface area contributed by atoms with Crippen LogP contribution >= 0.6 is 0 Å². The fourth-order valence-corrected chi connectivity index (χ4v) is 2.14. The zero-order chi connectivity index (χ0) is 14.5. The predicted octanol–water partition coefficient (Wildman–Crippen LogP) is 2.33. The van der Waals surface area contributed by atoms with Gasteiger partial charge in [0.15, 0.2) is 0 Å². The lowest BCUT2D eigenvalue weighted by atomic mass is 10.1. The molecule has 2 N–H and O–H groups in total. The van der Waals surface area contributed by atoms with E-state index in [1.54, 1.807) is 11.9 Å². The minimum atomic E-state index is -0.543. The molecular formula is C15H22F2N2O. The van der Waals surface area contributed by atoms with Crippen LogP contribution in [-0.2, 0) is 11.2 Å². The Morgan fingerprint density at radius 2 is 1.95 bits per heavy atom. The van der Waals surface area contributed by atoms with E-state index in [1.165, 1.54) is 25.0 Å². The topological polar surface area (TPSA) is 38.5 Å². The van der Waals surface area contributed by atoms with Crippen molar-refractivity contribution in [3.05, 3.63) is 29.3 Å². The summed E-state index contributed by atoms with van der Waals surface area (Å²) in [5.41, 5.74) is 5.99. The molecule has 5 heteroatoms. The quantitative estimate of drug-likeness (QED) is 0.745. The minimum Gasteiger partial charge on any atom is -0.379 e. The summed E-state index contributed by atoms with van der Waals surface area (Å²) < 4.78 is 33.4. The monoisotopic (exact) mass is 284 g/mol. The van der Waals surface area contributed by atoms with Gasteiger partial charge in [0, 0.05) is 20.2 Å². The second-order valence-electron chi connectivity index (χ2n) is 5.39. The Balaban J connectivity index is 1.91. The molecule has 20 heavy (non-hydrogen) atoms. The molecule has 0 spiro atoms. The summed E-state index contributed by atoms with van der Waals surface area (Å²) >= 11 is 0. The van der Waals surface area contributed by atoms with Gasteiger partial charge in [-0.25, -0.2) is 8.78 Å². The molecule has 2 rings (SSSR count). The Bertz CT molecular complexity index is 426. The van der Waals surface area contributed by atoms with E-state index in [1.807, 2.05) is 0 Å². The number of nitrogens with zero attached hydrogens (tertiary/aromatic N) is 1. The molecule has 0 heterocycles. The highest BCUT2D eigenvalue weighted by molar-refractivity contribution is 5.50. The summed E-state index contributed by atoms with van der Waals surface area (Å²) in [6.07, 6.45) is 2.95. The van der Waals surface area contributed by atoms with E-state index in [4.69, 9.17) is 10.5 Å². The maximum absolute atomic E-state index is 14.0. The summed E-state index contributed by atoms with van der Waals surface area (Å²) in [6, 6.07) is 2.71. The van der Waals surface area contributed by atoms with Gasteiger partial charge < -0.3 is 15.4 Å². The van der Waals surface area contributed by atoms with Crippen LogP contribution in [0, 0.1) is 17.6 Å². The van der Waals surface area contributed by atoms with Crippen LogP contribution in [0.2, 0.25) is 0 Å². The minimum absolute atomic E-state index is 0.000735. The smallest absolute Gasteiger partial charge is 0.149 e. The van der Waals surface area contributed by atoms with E-state index < -0.39 is 11.6 Å². The number of anilines is 1. The molecule has 0 amide bonds. The van der Waals surface area contributed by atoms with Gasteiger partial charge in [-0.2, -0.15) is 0 Å². The fraction of sp³-hybridized carbons (Fsp3) is 0.600. The molecule has 0 bridgehead atoms. The van der Waals surface area contributed by atoms with Crippen LogP contribution < -0.4 is 10.6 Å². The molecule has 0 aromatic heterocycles. The maximum Gasteiger partial charge on any atom is 0.149 e. The second-order valence-corrected chi connectivity index (χ2v) is 5.39. The largest absolute Gasteiger partial charge is 0.379 e. The molecule has 1 aliphatic carbocycles. The third kappa shape index (κ3) is 4.15. The van der Waals surface area contributed by atoms with Crippen molar-refractivity contribution in [2.24, 2.45) is 11.7 Å². The van der Waals surface area contributed by atoms with Crippen molar-refractivity contribution in [2.45, 2.75) is 19.3 Å². The lowest BCUT2D eigenvalue weighted by Gasteiger charge is -2.21. The van der Waals surface area contributed by atoms with Gasteiger partial charge in [0.1, 0.15) is 17.3 Å². The van der Waals surface area contributed by atoms with Crippen molar-refractivity contribution >= 4 is 5.69 Å². The standard InChI is InChI=1S/C15H22F2N2O/c1-19(6-7-20-10-11-2-3-11)15-13(16)8-12(4-5-18)9-14(15)17/h8-9,11H,2-7,10,18H2,1H3. The molecule has 3 nitrogen and oxygen atoms in total. The molecule has 1 aromatic rings. The van der Waals surface area contributed by atoms with Crippen molar-refractivity contribution < 1.29 is 13.5 Å². The molecule has 1 aliphatic rings. The van der Waals surface area contributed by atoms with Gasteiger partial charge in [0.2, 0.25) is 0 Å². The molecule has 0 radical (unpaired) electrons. The average Bonchev–Trinajstić information content (AvgIpc) is 3.18. The van der Waals surface area contributed by atoms with Crippen LogP contribution in [-0.4, -0.2) is 33.4 Å². The molecule has 1 fully saturated rings. The number of nitrogens with two attached hydrogens (primary N) is 1. The molecular weight excluding hydrogens is 262 g/mol. The summed E-state index contributed by atoms with van der Waals surface area (Å²) in [6.45, 7) is 2.09. The number of hydrogen-bond acceptors (Lipinski definition) is 3. The van der Waals surface area contributed by atoms with Crippen LogP contribution in [0.15, 0.2) is 12.1 Å². The van der Waals surface area contributed by atoms with Crippen LogP contribution in [0.1, 0.15) is 18.4 Å². The van der Waals surface area contributed by atoms with E-state index in [-0.39, 0.29) is 5.69 Å². The summed E-state index contributed by atoms with van der Waals surface area (Å²) in [4.78, 5) is 1.56. The molecule has 0 saturated heterocycles. The van der Waals surface area contributed by atoms with Crippen LogP contribution in [0.5, 0.6) is 0 Å². The van der Waals surface area contributed by atoms with Gasteiger partial charge in [0.25, 0.3) is 0 Å². The van der Waals surface area contributed by atoms with Crippen molar-refractivity contribution in [2.75, 3.05) is 38.3 Å². The highest BCUT2D eigenvalue weighted by Crippen LogP contribution is 2.29. The van der Waals surface area contributed by atoms with Crippen LogP contribution in [0.4, 0.5) is 14.5 Å². The Labute approximate surface area is 118 Å². The van der Waals surface area contributed by atoms with Crippen LogP contribution in [0.25, 0.3) is 0 Å². The Morgan fingerprint density at radius 3 is 2.50 bits per heavy atom. The first-order chi connectivity index (χ1) is 9.61. The Morgan fingerprint density at radius 1 is 1.30 bits per heavy atom.